The highest BCUT2D eigenvalue weighted by Crippen LogP contribution is 2.19. The quantitative estimate of drug-likeness (QED) is 0.694. The van der Waals surface area contributed by atoms with Crippen LogP contribution < -0.4 is 15.1 Å². The highest BCUT2D eigenvalue weighted by Gasteiger charge is 2.25. The molecule has 0 aliphatic carbocycles. The van der Waals surface area contributed by atoms with Gasteiger partial charge >= 0.3 is 0 Å². The molecule has 0 spiro atoms. The predicted octanol–water partition coefficient (Wildman–Crippen LogP) is 1.35. The Morgan fingerprint density at radius 1 is 0.929 bits per heavy atom. The van der Waals surface area contributed by atoms with Crippen LogP contribution in [0.4, 0.5) is 5.69 Å². The van der Waals surface area contributed by atoms with Gasteiger partial charge in [-0.25, -0.2) is 0 Å². The molecule has 1 aliphatic heterocycles. The molecule has 0 unspecified atom stereocenters. The van der Waals surface area contributed by atoms with Crippen molar-refractivity contribution in [3.8, 4) is 0 Å². The van der Waals surface area contributed by atoms with Crippen LogP contribution in [-0.2, 0) is 11.3 Å². The molecule has 0 bridgehead atoms. The molecule has 150 valence electrons. The summed E-state index contributed by atoms with van der Waals surface area (Å²) in [5.74, 6) is 0.711. The van der Waals surface area contributed by atoms with E-state index in [1.54, 1.807) is 4.90 Å². The fourth-order valence-electron chi connectivity index (χ4n) is 4.04. The second kappa shape index (κ2) is 9.35. The Hall–Kier alpha value is -2.17. The fraction of sp³-hybridized carbons (Fsp3) is 0.458. The summed E-state index contributed by atoms with van der Waals surface area (Å²) in [5, 5.41) is 3.12. The number of piperazine rings is 1. The van der Waals surface area contributed by atoms with E-state index in [0.717, 1.165) is 49.5 Å². The van der Waals surface area contributed by atoms with E-state index < -0.39 is 0 Å². The van der Waals surface area contributed by atoms with Crippen LogP contribution in [0, 0.1) is 13.8 Å². The van der Waals surface area contributed by atoms with Crippen LogP contribution >= 0.6 is 0 Å². The molecule has 0 aromatic heterocycles. The number of hydrogen-bond donors (Lipinski definition) is 3. The average molecular weight is 382 g/mol. The number of carbonyl (C=O) groups is 1. The third-order valence-electron chi connectivity index (χ3n) is 5.92. The zero-order valence-electron chi connectivity index (χ0n) is 17.8. The molecular formula is C24H35N3O+2. The summed E-state index contributed by atoms with van der Waals surface area (Å²) in [5.41, 5.74) is 6.04. The minimum atomic E-state index is 0.125. The zero-order chi connectivity index (χ0) is 20.1. The summed E-state index contributed by atoms with van der Waals surface area (Å²) >= 11 is 0. The van der Waals surface area contributed by atoms with Crippen LogP contribution in [-0.4, -0.2) is 38.6 Å². The zero-order valence-corrected chi connectivity index (χ0v) is 17.8. The average Bonchev–Trinajstić information content (AvgIpc) is 2.67. The van der Waals surface area contributed by atoms with Crippen molar-refractivity contribution >= 4 is 11.6 Å². The number of anilines is 1. The lowest BCUT2D eigenvalue weighted by atomic mass is 10.0. The van der Waals surface area contributed by atoms with E-state index in [1.165, 1.54) is 16.0 Å². The third kappa shape index (κ3) is 5.43. The van der Waals surface area contributed by atoms with Gasteiger partial charge in [-0.15, -0.1) is 0 Å². The first-order valence-electron chi connectivity index (χ1n) is 10.5. The van der Waals surface area contributed by atoms with Gasteiger partial charge < -0.3 is 15.1 Å². The van der Waals surface area contributed by atoms with E-state index in [9.17, 15) is 4.79 Å². The first-order valence-corrected chi connectivity index (χ1v) is 10.5. The molecule has 2 aromatic carbocycles. The number of hydrogen-bond acceptors (Lipinski definition) is 1. The van der Waals surface area contributed by atoms with E-state index in [4.69, 9.17) is 0 Å². The Balaban J connectivity index is 1.45. The van der Waals surface area contributed by atoms with Crippen molar-refractivity contribution in [3.63, 3.8) is 0 Å². The first kappa shape index (κ1) is 20.6. The lowest BCUT2D eigenvalue weighted by molar-refractivity contribution is -1.02. The van der Waals surface area contributed by atoms with Crippen LogP contribution in [0.2, 0.25) is 0 Å². The molecule has 28 heavy (non-hydrogen) atoms. The highest BCUT2D eigenvalue weighted by atomic mass is 16.2. The van der Waals surface area contributed by atoms with Gasteiger partial charge in [-0.3, -0.25) is 4.79 Å². The molecular weight excluding hydrogens is 346 g/mol. The lowest BCUT2D eigenvalue weighted by Gasteiger charge is -2.29. The predicted molar refractivity (Wildman–Crippen MR) is 115 cm³/mol. The second-order valence-electron chi connectivity index (χ2n) is 8.56. The van der Waals surface area contributed by atoms with Gasteiger partial charge in [0.05, 0.1) is 0 Å². The maximum absolute atomic E-state index is 12.5. The van der Waals surface area contributed by atoms with Crippen molar-refractivity contribution < 1.29 is 14.6 Å². The molecule has 4 heteroatoms. The molecule has 3 N–H and O–H groups in total. The second-order valence-corrected chi connectivity index (χ2v) is 8.56. The Morgan fingerprint density at radius 2 is 1.50 bits per heavy atom. The van der Waals surface area contributed by atoms with Crippen molar-refractivity contribution in [1.29, 1.82) is 0 Å². The third-order valence-corrected chi connectivity index (χ3v) is 5.92. The Labute approximate surface area is 169 Å². The van der Waals surface area contributed by atoms with Gasteiger partial charge in [0, 0.05) is 11.3 Å². The van der Waals surface area contributed by atoms with Crippen LogP contribution in [0.25, 0.3) is 0 Å². The Kier molecular flexibility index (Phi) is 6.87. The number of para-hydroxylation sites is 1. The summed E-state index contributed by atoms with van der Waals surface area (Å²) in [7, 11) is 0. The van der Waals surface area contributed by atoms with Crippen molar-refractivity contribution in [1.82, 2.24) is 0 Å². The molecule has 1 amide bonds. The smallest absolute Gasteiger partial charge is 0.279 e. The van der Waals surface area contributed by atoms with Crippen molar-refractivity contribution in [3.05, 3.63) is 64.7 Å². The Morgan fingerprint density at radius 3 is 2.07 bits per heavy atom. The van der Waals surface area contributed by atoms with Crippen molar-refractivity contribution in [2.75, 3.05) is 38.0 Å². The molecule has 1 heterocycles. The van der Waals surface area contributed by atoms with Gasteiger partial charge in [0.2, 0.25) is 0 Å². The standard InChI is InChI=1S/C24H33N3O/c1-18(2)22-10-8-21(9-11-22)16-26-12-14-27(15-13-26)17-23(28)25-24-19(3)6-5-7-20(24)4/h5-11,18H,12-17H2,1-4H3,(H,25,28)/p+2. The highest BCUT2D eigenvalue weighted by molar-refractivity contribution is 5.93. The van der Waals surface area contributed by atoms with Crippen LogP contribution in [0.1, 0.15) is 42.0 Å². The molecule has 0 radical (unpaired) electrons. The van der Waals surface area contributed by atoms with E-state index in [1.807, 2.05) is 32.0 Å². The number of benzene rings is 2. The summed E-state index contributed by atoms with van der Waals surface area (Å²) in [6, 6.07) is 15.2. The molecule has 0 saturated carbocycles. The van der Waals surface area contributed by atoms with E-state index in [0.29, 0.717) is 12.5 Å². The Bertz CT molecular complexity index is 770. The number of aryl methyl sites for hydroxylation is 2. The largest absolute Gasteiger partial charge is 0.322 e. The van der Waals surface area contributed by atoms with Gasteiger partial charge in [-0.1, -0.05) is 56.3 Å². The minimum absolute atomic E-state index is 0.125. The molecule has 1 aliphatic rings. The van der Waals surface area contributed by atoms with E-state index >= 15 is 0 Å². The van der Waals surface area contributed by atoms with E-state index in [-0.39, 0.29) is 5.91 Å². The minimum Gasteiger partial charge on any atom is -0.322 e. The molecule has 4 nitrogen and oxygen atoms in total. The maximum Gasteiger partial charge on any atom is 0.279 e. The van der Waals surface area contributed by atoms with Crippen molar-refractivity contribution in [2.45, 2.75) is 40.2 Å². The van der Waals surface area contributed by atoms with Gasteiger partial charge in [-0.2, -0.15) is 0 Å². The van der Waals surface area contributed by atoms with Crippen molar-refractivity contribution in [2.24, 2.45) is 0 Å². The first-order chi connectivity index (χ1) is 13.4. The van der Waals surface area contributed by atoms with Crippen LogP contribution in [0.3, 0.4) is 0 Å². The fourth-order valence-corrected chi connectivity index (χ4v) is 4.04. The molecule has 0 atom stereocenters. The van der Waals surface area contributed by atoms with Crippen LogP contribution in [0.15, 0.2) is 42.5 Å². The molecule has 3 rings (SSSR count). The topological polar surface area (TPSA) is 38.0 Å². The number of amides is 1. The normalized spacial score (nSPS) is 19.6. The summed E-state index contributed by atoms with van der Waals surface area (Å²) in [4.78, 5) is 15.5. The van der Waals surface area contributed by atoms with Crippen LogP contribution in [0.5, 0.6) is 0 Å². The number of rotatable bonds is 6. The van der Waals surface area contributed by atoms with Gasteiger partial charge in [0.15, 0.2) is 6.54 Å². The SMILES string of the molecule is Cc1cccc(C)c1NC(=O)C[NH+]1CC[NH+](Cc2ccc(C(C)C)cc2)CC1. The van der Waals surface area contributed by atoms with Gasteiger partial charge in [0.25, 0.3) is 5.91 Å². The van der Waals surface area contributed by atoms with Gasteiger partial charge in [-0.05, 0) is 36.5 Å². The number of carbonyl (C=O) groups excluding carboxylic acids is 1. The van der Waals surface area contributed by atoms with Gasteiger partial charge in [0.1, 0.15) is 32.7 Å². The monoisotopic (exact) mass is 381 g/mol. The van der Waals surface area contributed by atoms with E-state index in [2.05, 4.69) is 43.4 Å². The molecule has 2 aromatic rings. The maximum atomic E-state index is 12.5. The summed E-state index contributed by atoms with van der Waals surface area (Å²) in [6.07, 6.45) is 0. The summed E-state index contributed by atoms with van der Waals surface area (Å²) in [6.45, 7) is 14.6. The molecule has 1 fully saturated rings. The lowest BCUT2D eigenvalue weighted by Crippen LogP contribution is -3.28. The number of nitrogens with one attached hydrogen (secondary N) is 3. The molecule has 1 saturated heterocycles. The number of quaternary nitrogens is 2. The summed E-state index contributed by atoms with van der Waals surface area (Å²) < 4.78 is 0.